The summed E-state index contributed by atoms with van der Waals surface area (Å²) in [4.78, 5) is 6.40. The van der Waals surface area contributed by atoms with Gasteiger partial charge in [-0.2, -0.15) is 0 Å². The topological polar surface area (TPSA) is 41.3 Å². The first kappa shape index (κ1) is 18.4. The van der Waals surface area contributed by atoms with Crippen LogP contribution in [0.2, 0.25) is 5.02 Å². The first-order valence-electron chi connectivity index (χ1n) is 9.23. The first-order chi connectivity index (χ1) is 13.1. The Bertz CT molecular complexity index is 954. The van der Waals surface area contributed by atoms with Crippen LogP contribution in [0.4, 0.5) is 4.39 Å². The summed E-state index contributed by atoms with van der Waals surface area (Å²) in [7, 11) is 2.14. The number of pyridine rings is 1. The Kier molecular flexibility index (Phi) is 5.17. The lowest BCUT2D eigenvalue weighted by Crippen LogP contribution is -2.21. The molecule has 27 heavy (non-hydrogen) atoms. The zero-order valence-electron chi connectivity index (χ0n) is 15.3. The van der Waals surface area contributed by atoms with E-state index in [2.05, 4.69) is 21.5 Å². The summed E-state index contributed by atoms with van der Waals surface area (Å²) in [6.45, 7) is 1.84. The number of hydrogen-bond donors (Lipinski definition) is 1. The Labute approximate surface area is 163 Å². The maximum absolute atomic E-state index is 12.7. The van der Waals surface area contributed by atoms with Crippen molar-refractivity contribution >= 4 is 22.5 Å². The number of halogens is 2. The van der Waals surface area contributed by atoms with Crippen LogP contribution < -0.4 is 0 Å². The molecule has 0 saturated carbocycles. The molecule has 6 heteroatoms. The second-order valence-corrected chi connectivity index (χ2v) is 7.67. The van der Waals surface area contributed by atoms with Crippen LogP contribution in [0.3, 0.4) is 0 Å². The predicted molar refractivity (Wildman–Crippen MR) is 106 cm³/mol. The molecular weight excluding hydrogens is 365 g/mol. The van der Waals surface area contributed by atoms with Crippen molar-refractivity contribution in [2.24, 2.45) is 0 Å². The molecule has 1 aromatic carbocycles. The van der Waals surface area contributed by atoms with Gasteiger partial charge in [0.15, 0.2) is 0 Å². The Balaban J connectivity index is 1.74. The molecule has 0 aliphatic carbocycles. The van der Waals surface area contributed by atoms with E-state index >= 15 is 0 Å². The highest BCUT2D eigenvalue weighted by molar-refractivity contribution is 6.31. The third-order valence-corrected chi connectivity index (χ3v) is 5.68. The molecule has 1 atom stereocenters. The van der Waals surface area contributed by atoms with Crippen LogP contribution in [-0.4, -0.2) is 39.7 Å². The summed E-state index contributed by atoms with van der Waals surface area (Å²) >= 11 is 6.26. The molecule has 4 nitrogen and oxygen atoms in total. The summed E-state index contributed by atoms with van der Waals surface area (Å²) in [5.74, 6) is 0. The summed E-state index contributed by atoms with van der Waals surface area (Å²) in [6, 6.07) is 9.34. The number of aromatic nitrogens is 2. The largest absolute Gasteiger partial charge is 0.386 e. The van der Waals surface area contributed by atoms with E-state index in [-0.39, 0.29) is 0 Å². The van der Waals surface area contributed by atoms with E-state index in [1.54, 1.807) is 18.3 Å². The number of likely N-dealkylation sites (N-methyl/N-ethyl adjacent to an activating group) is 1. The van der Waals surface area contributed by atoms with Crippen molar-refractivity contribution in [1.82, 2.24) is 14.5 Å². The van der Waals surface area contributed by atoms with Gasteiger partial charge < -0.3 is 14.6 Å². The Morgan fingerprint density at radius 2 is 2.04 bits per heavy atom. The average molecular weight is 388 g/mol. The third-order valence-electron chi connectivity index (χ3n) is 5.45. The molecule has 0 saturated heterocycles. The van der Waals surface area contributed by atoms with E-state index in [0.29, 0.717) is 17.8 Å². The van der Waals surface area contributed by atoms with Gasteiger partial charge in [-0.1, -0.05) is 17.7 Å². The second kappa shape index (κ2) is 7.58. The predicted octanol–water partition coefficient (Wildman–Crippen LogP) is 3.92. The first-order valence-corrected chi connectivity index (χ1v) is 9.61. The minimum atomic E-state index is -0.706. The normalized spacial score (nSPS) is 16.3. The maximum atomic E-state index is 12.7. The number of fused-ring (bicyclic) bond motifs is 3. The van der Waals surface area contributed by atoms with E-state index in [1.807, 2.05) is 18.2 Å². The molecule has 4 rings (SSSR count). The Hall–Kier alpha value is -1.95. The standard InChI is InChI=1S/C21H23ClFN3O/c1-25-8-6-17-18-10-15(22)3-5-19(18)26(20(17)7-9-25)13-21(27)14-2-4-16(11-23)24-12-14/h2-5,10,12,21,27H,6-9,11,13H2,1H3. The number of alkyl halides is 1. The van der Waals surface area contributed by atoms with Crippen LogP contribution in [0.1, 0.15) is 28.6 Å². The molecular formula is C21H23ClFN3O. The Morgan fingerprint density at radius 3 is 2.78 bits per heavy atom. The van der Waals surface area contributed by atoms with Crippen LogP contribution >= 0.6 is 11.6 Å². The molecule has 1 aliphatic rings. The maximum Gasteiger partial charge on any atom is 0.131 e. The van der Waals surface area contributed by atoms with Gasteiger partial charge in [0.25, 0.3) is 0 Å². The van der Waals surface area contributed by atoms with Crippen LogP contribution in [0.5, 0.6) is 0 Å². The van der Waals surface area contributed by atoms with Gasteiger partial charge in [0.05, 0.1) is 18.3 Å². The molecule has 0 fully saturated rings. The van der Waals surface area contributed by atoms with Gasteiger partial charge >= 0.3 is 0 Å². The van der Waals surface area contributed by atoms with E-state index in [9.17, 15) is 9.50 Å². The lowest BCUT2D eigenvalue weighted by Gasteiger charge is -2.17. The zero-order valence-corrected chi connectivity index (χ0v) is 16.1. The Morgan fingerprint density at radius 1 is 1.22 bits per heavy atom. The van der Waals surface area contributed by atoms with Gasteiger partial charge in [-0.25, -0.2) is 4.39 Å². The fourth-order valence-corrected chi connectivity index (χ4v) is 4.10. The highest BCUT2D eigenvalue weighted by Crippen LogP contribution is 2.32. The van der Waals surface area contributed by atoms with E-state index in [4.69, 9.17) is 11.6 Å². The highest BCUT2D eigenvalue weighted by Gasteiger charge is 2.22. The van der Waals surface area contributed by atoms with Gasteiger partial charge in [0.2, 0.25) is 0 Å². The van der Waals surface area contributed by atoms with Crippen molar-refractivity contribution in [2.75, 3.05) is 20.1 Å². The van der Waals surface area contributed by atoms with Gasteiger partial charge in [0.1, 0.15) is 6.67 Å². The summed E-state index contributed by atoms with van der Waals surface area (Å²) in [5, 5.41) is 12.7. The molecule has 0 amide bonds. The quantitative estimate of drug-likeness (QED) is 0.737. The molecule has 3 heterocycles. The average Bonchev–Trinajstić information content (AvgIpc) is 2.82. The molecule has 1 N–H and O–H groups in total. The highest BCUT2D eigenvalue weighted by atomic mass is 35.5. The van der Waals surface area contributed by atoms with E-state index in [0.717, 1.165) is 36.5 Å². The molecule has 142 valence electrons. The van der Waals surface area contributed by atoms with Crippen molar-refractivity contribution < 1.29 is 9.50 Å². The van der Waals surface area contributed by atoms with E-state index < -0.39 is 12.8 Å². The van der Waals surface area contributed by atoms with Crippen LogP contribution in [0.25, 0.3) is 10.9 Å². The molecule has 1 aliphatic heterocycles. The van der Waals surface area contributed by atoms with Crippen LogP contribution in [0, 0.1) is 0 Å². The summed E-state index contributed by atoms with van der Waals surface area (Å²) in [5.41, 5.74) is 4.77. The number of rotatable bonds is 4. The van der Waals surface area contributed by atoms with Crippen LogP contribution in [-0.2, 0) is 26.1 Å². The smallest absolute Gasteiger partial charge is 0.131 e. The molecule has 0 bridgehead atoms. The molecule has 1 unspecified atom stereocenters. The number of aliphatic hydroxyl groups excluding tert-OH is 1. The minimum Gasteiger partial charge on any atom is -0.386 e. The summed E-state index contributed by atoms with van der Waals surface area (Å²) in [6.07, 6.45) is 2.76. The number of benzene rings is 1. The second-order valence-electron chi connectivity index (χ2n) is 7.23. The number of aliphatic hydroxyl groups is 1. The third kappa shape index (κ3) is 3.59. The van der Waals surface area contributed by atoms with Crippen molar-refractivity contribution in [1.29, 1.82) is 0 Å². The fraction of sp³-hybridized carbons (Fsp3) is 0.381. The molecule has 0 spiro atoms. The van der Waals surface area contributed by atoms with Gasteiger partial charge in [-0.3, -0.25) is 4.98 Å². The monoisotopic (exact) mass is 387 g/mol. The lowest BCUT2D eigenvalue weighted by molar-refractivity contribution is 0.156. The summed E-state index contributed by atoms with van der Waals surface area (Å²) < 4.78 is 14.9. The minimum absolute atomic E-state index is 0.379. The van der Waals surface area contributed by atoms with Crippen molar-refractivity contribution in [3.05, 3.63) is 64.1 Å². The van der Waals surface area contributed by atoms with Crippen molar-refractivity contribution in [2.45, 2.75) is 32.2 Å². The van der Waals surface area contributed by atoms with Gasteiger partial charge in [0, 0.05) is 52.9 Å². The number of hydrogen-bond acceptors (Lipinski definition) is 3. The van der Waals surface area contributed by atoms with Gasteiger partial charge in [-0.15, -0.1) is 0 Å². The van der Waals surface area contributed by atoms with Gasteiger partial charge in [-0.05, 0) is 43.3 Å². The molecule has 3 aromatic rings. The van der Waals surface area contributed by atoms with Crippen LogP contribution in [0.15, 0.2) is 36.5 Å². The number of nitrogens with zero attached hydrogens (tertiary/aromatic N) is 3. The molecule has 0 radical (unpaired) electrons. The SMILES string of the molecule is CN1CCc2c(n(CC(O)c3ccc(CF)nc3)c3ccc(Cl)cc23)CC1. The lowest BCUT2D eigenvalue weighted by atomic mass is 10.1. The molecule has 2 aromatic heterocycles. The van der Waals surface area contributed by atoms with E-state index in [1.165, 1.54) is 16.6 Å². The van der Waals surface area contributed by atoms with Crippen molar-refractivity contribution in [3.8, 4) is 0 Å². The zero-order chi connectivity index (χ0) is 19.0. The fourth-order valence-electron chi connectivity index (χ4n) is 3.92. The van der Waals surface area contributed by atoms with Crippen molar-refractivity contribution in [3.63, 3.8) is 0 Å².